The van der Waals surface area contributed by atoms with Crippen molar-refractivity contribution in [3.8, 4) is 0 Å². The van der Waals surface area contributed by atoms with Crippen molar-refractivity contribution in [3.63, 3.8) is 0 Å². The summed E-state index contributed by atoms with van der Waals surface area (Å²) >= 11 is 0. The number of hydrogen-bond donors (Lipinski definition) is 3. The fourth-order valence-corrected chi connectivity index (χ4v) is 1.53. The van der Waals surface area contributed by atoms with Crippen LogP contribution >= 0.6 is 0 Å². The minimum absolute atomic E-state index is 0. The van der Waals surface area contributed by atoms with Gasteiger partial charge in [-0.25, -0.2) is 4.79 Å². The normalized spacial score (nSPS) is 12.8. The molecule has 1 aromatic heterocycles. The Bertz CT molecular complexity index is 518. The summed E-state index contributed by atoms with van der Waals surface area (Å²) in [6.07, 6.45) is 1.95. The number of carbonyl (C=O) groups excluding carboxylic acids is 2. The van der Waals surface area contributed by atoms with Crippen molar-refractivity contribution in [2.45, 2.75) is 6.42 Å². The Balaban J connectivity index is 0.00000162. The Morgan fingerprint density at radius 3 is 2.83 bits per heavy atom. The molecule has 0 bridgehead atoms. The molecular weight excluding hydrogens is 333 g/mol. The Morgan fingerprint density at radius 1 is 1.44 bits per heavy atom. The van der Waals surface area contributed by atoms with Gasteiger partial charge in [0.25, 0.3) is 5.91 Å². The first-order valence-corrected chi connectivity index (χ1v) is 4.89. The maximum atomic E-state index is 11.5. The SMILES string of the molecule is O=C(O)C(=O)Nc1cnc2c(c1)C(=O)NCC2.[Pd]. The molecule has 1 aromatic rings. The topological polar surface area (TPSA) is 108 Å². The van der Waals surface area contributed by atoms with Crippen LogP contribution < -0.4 is 10.6 Å². The summed E-state index contributed by atoms with van der Waals surface area (Å²) in [4.78, 5) is 36.8. The Morgan fingerprint density at radius 2 is 2.17 bits per heavy atom. The van der Waals surface area contributed by atoms with E-state index in [1.165, 1.54) is 12.3 Å². The van der Waals surface area contributed by atoms with E-state index in [1.54, 1.807) is 0 Å². The van der Waals surface area contributed by atoms with E-state index < -0.39 is 11.9 Å². The van der Waals surface area contributed by atoms with Crippen LogP contribution in [-0.4, -0.2) is 34.4 Å². The first-order chi connectivity index (χ1) is 8.08. The van der Waals surface area contributed by atoms with Gasteiger partial charge in [0, 0.05) is 33.4 Å². The third-order valence-electron chi connectivity index (χ3n) is 2.31. The van der Waals surface area contributed by atoms with Crippen molar-refractivity contribution in [2.75, 3.05) is 11.9 Å². The monoisotopic (exact) mass is 341 g/mol. The number of fused-ring (bicyclic) bond motifs is 1. The van der Waals surface area contributed by atoms with Gasteiger partial charge >= 0.3 is 11.9 Å². The number of aromatic nitrogens is 1. The number of amides is 2. The molecule has 0 fully saturated rings. The van der Waals surface area contributed by atoms with Crippen LogP contribution in [0.4, 0.5) is 5.69 Å². The number of carboxylic acid groups (broad SMARTS) is 1. The van der Waals surface area contributed by atoms with E-state index >= 15 is 0 Å². The molecule has 1 aliphatic rings. The molecule has 0 saturated carbocycles. The van der Waals surface area contributed by atoms with E-state index in [2.05, 4.69) is 15.6 Å². The fraction of sp³-hybridized carbons (Fsp3) is 0.200. The van der Waals surface area contributed by atoms with Gasteiger partial charge in [-0.2, -0.15) is 0 Å². The van der Waals surface area contributed by atoms with Crippen molar-refractivity contribution in [1.29, 1.82) is 0 Å². The van der Waals surface area contributed by atoms with Gasteiger partial charge in [-0.05, 0) is 6.07 Å². The average molecular weight is 342 g/mol. The summed E-state index contributed by atoms with van der Waals surface area (Å²) in [6, 6.07) is 1.41. The van der Waals surface area contributed by atoms with Gasteiger partial charge in [-0.15, -0.1) is 0 Å². The first-order valence-electron chi connectivity index (χ1n) is 4.89. The van der Waals surface area contributed by atoms with E-state index in [9.17, 15) is 14.4 Å². The van der Waals surface area contributed by atoms with Gasteiger partial charge in [0.2, 0.25) is 0 Å². The van der Waals surface area contributed by atoms with Crippen LogP contribution in [0.15, 0.2) is 12.3 Å². The molecule has 7 nitrogen and oxygen atoms in total. The summed E-state index contributed by atoms with van der Waals surface area (Å²) in [5.41, 5.74) is 1.19. The quantitative estimate of drug-likeness (QED) is 0.466. The van der Waals surface area contributed by atoms with Crippen molar-refractivity contribution in [2.24, 2.45) is 0 Å². The Hall–Kier alpha value is -1.78. The number of anilines is 1. The predicted octanol–water partition coefficient (Wildman–Crippen LogP) is -0.612. The van der Waals surface area contributed by atoms with Crippen LogP contribution in [0.25, 0.3) is 0 Å². The molecule has 8 heteroatoms. The van der Waals surface area contributed by atoms with Gasteiger partial charge in [0.1, 0.15) is 0 Å². The van der Waals surface area contributed by atoms with Gasteiger partial charge < -0.3 is 15.7 Å². The molecule has 0 saturated heterocycles. The minimum Gasteiger partial charge on any atom is -0.474 e. The van der Waals surface area contributed by atoms with Gasteiger partial charge in [-0.3, -0.25) is 14.6 Å². The van der Waals surface area contributed by atoms with Gasteiger partial charge in [0.15, 0.2) is 0 Å². The predicted molar refractivity (Wildman–Crippen MR) is 56.5 cm³/mol. The molecule has 0 aromatic carbocycles. The van der Waals surface area contributed by atoms with Gasteiger partial charge in [0.05, 0.1) is 23.1 Å². The maximum Gasteiger partial charge on any atom is 0.394 e. The zero-order valence-corrected chi connectivity index (χ0v) is 10.6. The molecule has 18 heavy (non-hydrogen) atoms. The summed E-state index contributed by atoms with van der Waals surface area (Å²) in [7, 11) is 0. The molecule has 0 atom stereocenters. The third kappa shape index (κ3) is 2.91. The molecule has 0 aliphatic carbocycles. The molecule has 98 valence electrons. The van der Waals surface area contributed by atoms with Crippen molar-refractivity contribution >= 4 is 23.5 Å². The Kier molecular flexibility index (Phi) is 4.53. The van der Waals surface area contributed by atoms with Gasteiger partial charge in [-0.1, -0.05) is 0 Å². The number of carboxylic acids is 1. The second-order valence-corrected chi connectivity index (χ2v) is 3.48. The number of rotatable bonds is 1. The van der Waals surface area contributed by atoms with Crippen molar-refractivity contribution < 1.29 is 39.9 Å². The molecule has 1 aliphatic heterocycles. The third-order valence-corrected chi connectivity index (χ3v) is 2.31. The van der Waals surface area contributed by atoms with Crippen LogP contribution in [0.5, 0.6) is 0 Å². The maximum absolute atomic E-state index is 11.5. The number of carbonyl (C=O) groups is 3. The zero-order chi connectivity index (χ0) is 12.4. The molecule has 0 unspecified atom stereocenters. The molecule has 2 amide bonds. The standard InChI is InChI=1S/C10H9N3O4.Pd/c14-8-6-3-5(13-9(15)10(16)17)4-12-7(6)1-2-11-8;/h3-4H,1-2H2,(H,11,14)(H,13,15)(H,16,17);. The number of aliphatic carboxylic acids is 1. The number of pyridine rings is 1. The smallest absolute Gasteiger partial charge is 0.394 e. The minimum atomic E-state index is -1.59. The molecule has 0 radical (unpaired) electrons. The summed E-state index contributed by atoms with van der Waals surface area (Å²) in [6.45, 7) is 0.527. The van der Waals surface area contributed by atoms with Crippen LogP contribution in [-0.2, 0) is 36.4 Å². The number of nitrogens with zero attached hydrogens (tertiary/aromatic N) is 1. The van der Waals surface area contributed by atoms with E-state index in [0.717, 1.165) is 0 Å². The molecule has 2 heterocycles. The summed E-state index contributed by atoms with van der Waals surface area (Å²) in [5, 5.41) is 13.2. The second kappa shape index (κ2) is 5.71. The van der Waals surface area contributed by atoms with E-state index in [4.69, 9.17) is 5.11 Å². The van der Waals surface area contributed by atoms with E-state index in [-0.39, 0.29) is 32.0 Å². The number of nitrogens with one attached hydrogen (secondary N) is 2. The number of hydrogen-bond acceptors (Lipinski definition) is 4. The molecule has 0 spiro atoms. The van der Waals surface area contributed by atoms with E-state index in [0.29, 0.717) is 24.2 Å². The van der Waals surface area contributed by atoms with Crippen molar-refractivity contribution in [3.05, 3.63) is 23.5 Å². The zero-order valence-electron chi connectivity index (χ0n) is 9.00. The van der Waals surface area contributed by atoms with E-state index in [1.807, 2.05) is 0 Å². The van der Waals surface area contributed by atoms with Crippen LogP contribution in [0.1, 0.15) is 16.1 Å². The molecule has 2 rings (SSSR count). The first kappa shape index (κ1) is 14.3. The second-order valence-electron chi connectivity index (χ2n) is 3.48. The molecule has 3 N–H and O–H groups in total. The van der Waals surface area contributed by atoms with Crippen LogP contribution in [0, 0.1) is 0 Å². The fourth-order valence-electron chi connectivity index (χ4n) is 1.53. The average Bonchev–Trinajstić information content (AvgIpc) is 2.30. The Labute approximate surface area is 116 Å². The van der Waals surface area contributed by atoms with Crippen LogP contribution in [0.2, 0.25) is 0 Å². The molecular formula is C10H9N3O4Pd. The van der Waals surface area contributed by atoms with Crippen LogP contribution in [0.3, 0.4) is 0 Å². The summed E-state index contributed by atoms with van der Waals surface area (Å²) in [5.74, 6) is -3.03. The summed E-state index contributed by atoms with van der Waals surface area (Å²) < 4.78 is 0. The largest absolute Gasteiger partial charge is 0.474 e. The van der Waals surface area contributed by atoms with Crippen molar-refractivity contribution in [1.82, 2.24) is 10.3 Å².